The van der Waals surface area contributed by atoms with Crippen LogP contribution in [0.3, 0.4) is 0 Å². The molecule has 7 nitrogen and oxygen atoms in total. The Morgan fingerprint density at radius 3 is 2.88 bits per heavy atom. The van der Waals surface area contributed by atoms with Gasteiger partial charge in [-0.15, -0.1) is 0 Å². The molecule has 2 aromatic rings. The monoisotopic (exact) mass is 344 g/mol. The Labute approximate surface area is 146 Å². The Kier molecular flexibility index (Phi) is 5.53. The number of aromatic nitrogens is 2. The summed E-state index contributed by atoms with van der Waals surface area (Å²) in [4.78, 5) is 26.0. The SMILES string of the molecule is CCCC(=O)N1CCC(c2cc(C(=O)NCc3ccco3)n[nH]2)CC1. The molecule has 7 heteroatoms. The first-order valence-corrected chi connectivity index (χ1v) is 8.81. The number of H-pyrrole nitrogens is 1. The molecular weight excluding hydrogens is 320 g/mol. The van der Waals surface area contributed by atoms with Gasteiger partial charge in [0.25, 0.3) is 5.91 Å². The number of rotatable bonds is 6. The van der Waals surface area contributed by atoms with Crippen molar-refractivity contribution >= 4 is 11.8 Å². The van der Waals surface area contributed by atoms with Gasteiger partial charge in [-0.1, -0.05) is 6.92 Å². The number of hydrogen-bond donors (Lipinski definition) is 2. The molecule has 1 aliphatic heterocycles. The van der Waals surface area contributed by atoms with E-state index >= 15 is 0 Å². The van der Waals surface area contributed by atoms with E-state index in [9.17, 15) is 9.59 Å². The van der Waals surface area contributed by atoms with Crippen LogP contribution in [0.2, 0.25) is 0 Å². The van der Waals surface area contributed by atoms with Crippen molar-refractivity contribution in [2.75, 3.05) is 13.1 Å². The fourth-order valence-electron chi connectivity index (χ4n) is 3.15. The van der Waals surface area contributed by atoms with Gasteiger partial charge in [0.1, 0.15) is 11.5 Å². The van der Waals surface area contributed by atoms with Crippen molar-refractivity contribution in [3.8, 4) is 0 Å². The minimum atomic E-state index is -0.227. The largest absolute Gasteiger partial charge is 0.467 e. The van der Waals surface area contributed by atoms with Crippen LogP contribution in [0, 0.1) is 0 Å². The molecule has 3 heterocycles. The first-order chi connectivity index (χ1) is 12.2. The molecule has 0 aromatic carbocycles. The van der Waals surface area contributed by atoms with Gasteiger partial charge in [-0.25, -0.2) is 0 Å². The van der Waals surface area contributed by atoms with Gasteiger partial charge in [-0.05, 0) is 37.5 Å². The van der Waals surface area contributed by atoms with Gasteiger partial charge in [0, 0.05) is 31.1 Å². The summed E-state index contributed by atoms with van der Waals surface area (Å²) in [5, 5.41) is 9.89. The summed E-state index contributed by atoms with van der Waals surface area (Å²) >= 11 is 0. The molecule has 2 amide bonds. The molecule has 0 saturated carbocycles. The van der Waals surface area contributed by atoms with Gasteiger partial charge in [0.2, 0.25) is 5.91 Å². The van der Waals surface area contributed by atoms with E-state index in [4.69, 9.17) is 4.42 Å². The third kappa shape index (κ3) is 4.29. The Morgan fingerprint density at radius 2 is 2.20 bits per heavy atom. The minimum Gasteiger partial charge on any atom is -0.467 e. The van der Waals surface area contributed by atoms with Crippen LogP contribution in [-0.4, -0.2) is 40.0 Å². The topological polar surface area (TPSA) is 91.2 Å². The molecule has 1 fully saturated rings. The Balaban J connectivity index is 1.51. The van der Waals surface area contributed by atoms with Crippen LogP contribution in [0.25, 0.3) is 0 Å². The van der Waals surface area contributed by atoms with Crippen molar-refractivity contribution in [2.45, 2.75) is 45.1 Å². The molecule has 25 heavy (non-hydrogen) atoms. The van der Waals surface area contributed by atoms with Crippen molar-refractivity contribution in [1.82, 2.24) is 20.4 Å². The highest BCUT2D eigenvalue weighted by molar-refractivity contribution is 5.92. The number of carbonyl (C=O) groups is 2. The Hall–Kier alpha value is -2.57. The van der Waals surface area contributed by atoms with E-state index in [1.54, 1.807) is 12.3 Å². The number of nitrogens with one attached hydrogen (secondary N) is 2. The molecule has 1 saturated heterocycles. The average Bonchev–Trinajstić information content (AvgIpc) is 3.32. The van der Waals surface area contributed by atoms with Crippen LogP contribution in [0.15, 0.2) is 28.9 Å². The highest BCUT2D eigenvalue weighted by atomic mass is 16.3. The zero-order valence-electron chi connectivity index (χ0n) is 14.5. The lowest BCUT2D eigenvalue weighted by Gasteiger charge is -2.31. The number of nitrogens with zero attached hydrogens (tertiary/aromatic N) is 2. The first-order valence-electron chi connectivity index (χ1n) is 8.81. The van der Waals surface area contributed by atoms with Crippen molar-refractivity contribution in [2.24, 2.45) is 0 Å². The predicted octanol–water partition coefficient (Wildman–Crippen LogP) is 2.44. The molecule has 0 unspecified atom stereocenters. The third-order valence-electron chi connectivity index (χ3n) is 4.58. The standard InChI is InChI=1S/C18H24N4O3/c1-2-4-17(23)22-8-6-13(7-9-22)15-11-16(21-20-15)18(24)19-12-14-5-3-10-25-14/h3,5,10-11,13H,2,4,6-9,12H2,1H3,(H,19,24)(H,20,21). The number of carbonyl (C=O) groups excluding carboxylic acids is 2. The molecule has 1 aliphatic rings. The molecule has 0 aliphatic carbocycles. The van der Waals surface area contributed by atoms with Crippen LogP contribution in [0.5, 0.6) is 0 Å². The predicted molar refractivity (Wildman–Crippen MR) is 91.9 cm³/mol. The second-order valence-electron chi connectivity index (χ2n) is 6.38. The summed E-state index contributed by atoms with van der Waals surface area (Å²) in [5.74, 6) is 1.02. The van der Waals surface area contributed by atoms with E-state index in [1.807, 2.05) is 24.0 Å². The summed E-state index contributed by atoms with van der Waals surface area (Å²) in [7, 11) is 0. The van der Waals surface area contributed by atoms with Gasteiger partial charge in [0.05, 0.1) is 12.8 Å². The second kappa shape index (κ2) is 8.00. The first kappa shape index (κ1) is 17.3. The quantitative estimate of drug-likeness (QED) is 0.842. The maximum Gasteiger partial charge on any atom is 0.272 e. The summed E-state index contributed by atoms with van der Waals surface area (Å²) in [6.07, 6.45) is 4.87. The second-order valence-corrected chi connectivity index (χ2v) is 6.38. The summed E-state index contributed by atoms with van der Waals surface area (Å²) in [5.41, 5.74) is 1.34. The lowest BCUT2D eigenvalue weighted by atomic mass is 9.93. The number of aromatic amines is 1. The molecule has 0 radical (unpaired) electrons. The number of hydrogen-bond acceptors (Lipinski definition) is 4. The van der Waals surface area contributed by atoms with Gasteiger partial charge in [-0.3, -0.25) is 14.7 Å². The van der Waals surface area contributed by atoms with Crippen LogP contribution in [0.1, 0.15) is 60.5 Å². The molecule has 0 atom stereocenters. The molecule has 134 valence electrons. The van der Waals surface area contributed by atoms with E-state index in [-0.39, 0.29) is 11.8 Å². The van der Waals surface area contributed by atoms with E-state index in [0.717, 1.165) is 38.0 Å². The van der Waals surface area contributed by atoms with Crippen molar-refractivity contribution in [1.29, 1.82) is 0 Å². The van der Waals surface area contributed by atoms with Gasteiger partial charge in [0.15, 0.2) is 0 Å². The zero-order chi connectivity index (χ0) is 17.6. The summed E-state index contributed by atoms with van der Waals surface area (Å²) in [6, 6.07) is 5.40. The van der Waals surface area contributed by atoms with Gasteiger partial charge < -0.3 is 14.6 Å². The molecule has 2 aromatic heterocycles. The van der Waals surface area contributed by atoms with E-state index in [2.05, 4.69) is 15.5 Å². The number of furan rings is 1. The smallest absolute Gasteiger partial charge is 0.272 e. The molecule has 2 N–H and O–H groups in total. The van der Waals surface area contributed by atoms with Gasteiger partial charge >= 0.3 is 0 Å². The van der Waals surface area contributed by atoms with Crippen LogP contribution >= 0.6 is 0 Å². The number of piperidine rings is 1. The summed E-state index contributed by atoms with van der Waals surface area (Å²) in [6.45, 7) is 3.89. The Bertz CT molecular complexity index is 700. The minimum absolute atomic E-state index is 0.227. The fourth-order valence-corrected chi connectivity index (χ4v) is 3.15. The fraction of sp³-hybridized carbons (Fsp3) is 0.500. The van der Waals surface area contributed by atoms with Crippen molar-refractivity contribution in [3.05, 3.63) is 41.6 Å². The average molecular weight is 344 g/mol. The van der Waals surface area contributed by atoms with Crippen molar-refractivity contribution < 1.29 is 14.0 Å². The molecule has 0 bridgehead atoms. The normalized spacial score (nSPS) is 15.3. The van der Waals surface area contributed by atoms with Crippen LogP contribution in [0.4, 0.5) is 0 Å². The zero-order valence-corrected chi connectivity index (χ0v) is 14.5. The molecule has 0 spiro atoms. The van der Waals surface area contributed by atoms with Crippen LogP contribution < -0.4 is 5.32 Å². The lowest BCUT2D eigenvalue weighted by molar-refractivity contribution is -0.132. The number of amides is 2. The maximum absolute atomic E-state index is 12.2. The van der Waals surface area contributed by atoms with E-state index in [0.29, 0.717) is 30.3 Å². The highest BCUT2D eigenvalue weighted by Gasteiger charge is 2.25. The highest BCUT2D eigenvalue weighted by Crippen LogP contribution is 2.27. The molecule has 3 rings (SSSR count). The number of likely N-dealkylation sites (tertiary alicyclic amines) is 1. The van der Waals surface area contributed by atoms with Crippen molar-refractivity contribution in [3.63, 3.8) is 0 Å². The lowest BCUT2D eigenvalue weighted by Crippen LogP contribution is -2.37. The van der Waals surface area contributed by atoms with E-state index < -0.39 is 0 Å². The maximum atomic E-state index is 12.2. The van der Waals surface area contributed by atoms with Crippen LogP contribution in [-0.2, 0) is 11.3 Å². The summed E-state index contributed by atoms with van der Waals surface area (Å²) < 4.78 is 5.19. The van der Waals surface area contributed by atoms with Gasteiger partial charge in [-0.2, -0.15) is 5.10 Å². The third-order valence-corrected chi connectivity index (χ3v) is 4.58. The molecular formula is C18H24N4O3. The van der Waals surface area contributed by atoms with E-state index in [1.165, 1.54) is 0 Å². The Morgan fingerprint density at radius 1 is 1.40 bits per heavy atom.